The Balaban J connectivity index is 2.07. The smallest absolute Gasteiger partial charge is 0.130 e. The van der Waals surface area contributed by atoms with Crippen molar-refractivity contribution in [1.82, 2.24) is 9.97 Å². The van der Waals surface area contributed by atoms with E-state index < -0.39 is 0 Å². The van der Waals surface area contributed by atoms with E-state index in [1.54, 1.807) is 11.8 Å². The summed E-state index contributed by atoms with van der Waals surface area (Å²) in [5.41, 5.74) is 1.16. The van der Waals surface area contributed by atoms with Gasteiger partial charge in [-0.15, -0.1) is 11.8 Å². The number of aromatic amines is 1. The van der Waals surface area contributed by atoms with Gasteiger partial charge < -0.3 is 4.98 Å². The summed E-state index contributed by atoms with van der Waals surface area (Å²) in [6.45, 7) is 4.39. The van der Waals surface area contributed by atoms with Crippen LogP contribution in [0.15, 0.2) is 35.2 Å². The lowest BCUT2D eigenvalue weighted by atomic mass is 10.1. The zero-order chi connectivity index (χ0) is 14.5. The van der Waals surface area contributed by atoms with Gasteiger partial charge >= 0.3 is 0 Å². The summed E-state index contributed by atoms with van der Waals surface area (Å²) in [6, 6.07) is 9.77. The lowest BCUT2D eigenvalue weighted by Gasteiger charge is -2.08. The van der Waals surface area contributed by atoms with E-state index >= 15 is 0 Å². The summed E-state index contributed by atoms with van der Waals surface area (Å²) in [6.07, 6.45) is 0.991. The van der Waals surface area contributed by atoms with E-state index in [9.17, 15) is 0 Å². The van der Waals surface area contributed by atoms with Crippen LogP contribution in [0.25, 0.3) is 0 Å². The molecule has 20 heavy (non-hydrogen) atoms. The third-order valence-electron chi connectivity index (χ3n) is 2.67. The lowest BCUT2D eigenvalue weighted by molar-refractivity contribution is 0.631. The van der Waals surface area contributed by atoms with Gasteiger partial charge in [0.1, 0.15) is 10.5 Å². The number of benzene rings is 1. The number of halogens is 1. The molecule has 0 atom stereocenters. The molecule has 0 amide bonds. The monoisotopic (exact) mass is 324 g/mol. The van der Waals surface area contributed by atoms with Crippen molar-refractivity contribution in [3.63, 3.8) is 0 Å². The van der Waals surface area contributed by atoms with Crippen molar-refractivity contribution in [3.05, 3.63) is 51.5 Å². The molecule has 1 N–H and O–H groups in total. The molecule has 106 valence electrons. The van der Waals surface area contributed by atoms with Gasteiger partial charge in [0.2, 0.25) is 0 Å². The molecule has 0 fully saturated rings. The van der Waals surface area contributed by atoms with Crippen LogP contribution in [0, 0.1) is 10.6 Å². The van der Waals surface area contributed by atoms with Gasteiger partial charge in [-0.3, -0.25) is 0 Å². The fourth-order valence-corrected chi connectivity index (χ4v) is 3.01. The van der Waals surface area contributed by atoms with Gasteiger partial charge in [0.25, 0.3) is 0 Å². The quantitative estimate of drug-likeness (QED) is 0.599. The highest BCUT2D eigenvalue weighted by atomic mass is 35.5. The predicted octanol–water partition coefficient (Wildman–Crippen LogP) is 5.28. The summed E-state index contributed by atoms with van der Waals surface area (Å²) in [4.78, 5) is 8.93. The van der Waals surface area contributed by atoms with Crippen LogP contribution < -0.4 is 0 Å². The number of rotatable bonds is 5. The van der Waals surface area contributed by atoms with Crippen LogP contribution in [0.1, 0.15) is 25.4 Å². The molecule has 0 saturated carbocycles. The number of aromatic nitrogens is 2. The topological polar surface area (TPSA) is 28.7 Å². The second-order valence-corrected chi connectivity index (χ2v) is 6.94. The van der Waals surface area contributed by atoms with Crippen LogP contribution in [0.5, 0.6) is 0 Å². The summed E-state index contributed by atoms with van der Waals surface area (Å²) in [5.74, 6) is 2.30. The molecule has 0 unspecified atom stereocenters. The number of hydrogen-bond donors (Lipinski definition) is 1. The molecule has 0 aliphatic rings. The van der Waals surface area contributed by atoms with Crippen LogP contribution >= 0.6 is 35.6 Å². The molecule has 0 aliphatic carbocycles. The molecule has 1 aromatic heterocycles. The van der Waals surface area contributed by atoms with Gasteiger partial charge in [0.15, 0.2) is 0 Å². The average molecular weight is 325 g/mol. The minimum atomic E-state index is 0.597. The first-order chi connectivity index (χ1) is 9.52. The molecule has 0 radical (unpaired) electrons. The normalized spacial score (nSPS) is 11.0. The van der Waals surface area contributed by atoms with Crippen molar-refractivity contribution in [3.8, 4) is 0 Å². The first-order valence-corrected chi connectivity index (χ1v) is 8.27. The Labute approximate surface area is 134 Å². The van der Waals surface area contributed by atoms with Crippen LogP contribution in [0.3, 0.4) is 0 Å². The number of hydrogen-bond acceptors (Lipinski definition) is 3. The van der Waals surface area contributed by atoms with E-state index in [0.717, 1.165) is 28.7 Å². The largest absolute Gasteiger partial charge is 0.346 e. The highest BCUT2D eigenvalue weighted by molar-refractivity contribution is 7.98. The van der Waals surface area contributed by atoms with Crippen molar-refractivity contribution in [2.75, 3.05) is 0 Å². The number of thioether (sulfide) groups is 1. The first-order valence-electron chi connectivity index (χ1n) is 6.50. The van der Waals surface area contributed by atoms with Gasteiger partial charge in [-0.05, 0) is 42.7 Å². The van der Waals surface area contributed by atoms with Crippen LogP contribution in [-0.4, -0.2) is 9.97 Å². The summed E-state index contributed by atoms with van der Waals surface area (Å²) in [7, 11) is 0. The number of nitrogens with zero attached hydrogens (tertiary/aromatic N) is 1. The Morgan fingerprint density at radius 2 is 2.00 bits per heavy atom. The molecule has 2 nitrogen and oxygen atoms in total. The standard InChI is InChI=1S/C15H17ClN2S2/c1-10(2)7-12-8-15(19)18-14(17-12)9-20-13-5-3-11(16)4-6-13/h3-6,8,10H,7,9H2,1-2H3,(H,17,18,19). The maximum atomic E-state index is 5.88. The molecule has 2 aromatic rings. The van der Waals surface area contributed by atoms with Crippen LogP contribution in [-0.2, 0) is 12.2 Å². The van der Waals surface area contributed by atoms with Gasteiger partial charge in [-0.25, -0.2) is 4.98 Å². The number of H-pyrrole nitrogens is 1. The Bertz CT molecular complexity index is 621. The van der Waals surface area contributed by atoms with Gasteiger partial charge in [-0.1, -0.05) is 37.7 Å². The highest BCUT2D eigenvalue weighted by Crippen LogP contribution is 2.23. The molecule has 2 rings (SSSR count). The zero-order valence-corrected chi connectivity index (χ0v) is 13.9. The minimum absolute atomic E-state index is 0.597. The highest BCUT2D eigenvalue weighted by Gasteiger charge is 2.03. The fourth-order valence-electron chi connectivity index (χ4n) is 1.86. The van der Waals surface area contributed by atoms with E-state index in [1.165, 1.54) is 4.90 Å². The second-order valence-electron chi connectivity index (χ2n) is 5.03. The third kappa shape index (κ3) is 4.93. The van der Waals surface area contributed by atoms with Crippen LogP contribution in [0.2, 0.25) is 5.02 Å². The Kier molecular flexibility index (Phi) is 5.64. The Morgan fingerprint density at radius 1 is 1.30 bits per heavy atom. The zero-order valence-electron chi connectivity index (χ0n) is 11.5. The summed E-state index contributed by atoms with van der Waals surface area (Å²) >= 11 is 12.8. The van der Waals surface area contributed by atoms with Crippen molar-refractivity contribution in [2.45, 2.75) is 30.9 Å². The van der Waals surface area contributed by atoms with E-state index in [0.29, 0.717) is 10.6 Å². The van der Waals surface area contributed by atoms with E-state index in [1.807, 2.05) is 30.3 Å². The molecule has 0 bridgehead atoms. The molecule has 0 saturated heterocycles. The van der Waals surface area contributed by atoms with Crippen molar-refractivity contribution in [2.24, 2.45) is 5.92 Å². The second kappa shape index (κ2) is 7.25. The lowest BCUT2D eigenvalue weighted by Crippen LogP contribution is -2.02. The minimum Gasteiger partial charge on any atom is -0.346 e. The van der Waals surface area contributed by atoms with E-state index in [4.69, 9.17) is 23.8 Å². The number of nitrogens with one attached hydrogen (secondary N) is 1. The molecular formula is C15H17ClN2S2. The molecule has 1 aromatic carbocycles. The summed E-state index contributed by atoms with van der Waals surface area (Å²) < 4.78 is 0.658. The molecule has 1 heterocycles. The van der Waals surface area contributed by atoms with Gasteiger partial charge in [-0.2, -0.15) is 0 Å². The molecular weight excluding hydrogens is 308 g/mol. The molecule has 0 spiro atoms. The third-order valence-corrected chi connectivity index (χ3v) is 4.15. The van der Waals surface area contributed by atoms with E-state index in [2.05, 4.69) is 23.8 Å². The predicted molar refractivity (Wildman–Crippen MR) is 89.0 cm³/mol. The van der Waals surface area contributed by atoms with Gasteiger partial charge in [0.05, 0.1) is 5.75 Å². The molecule has 0 aliphatic heterocycles. The SMILES string of the molecule is CC(C)Cc1cc(=S)nc(CSc2ccc(Cl)cc2)[nH]1. The maximum Gasteiger partial charge on any atom is 0.130 e. The molecule has 5 heteroatoms. The van der Waals surface area contributed by atoms with Crippen molar-refractivity contribution in [1.29, 1.82) is 0 Å². The summed E-state index contributed by atoms with van der Waals surface area (Å²) in [5, 5.41) is 0.755. The van der Waals surface area contributed by atoms with E-state index in [-0.39, 0.29) is 0 Å². The fraction of sp³-hybridized carbons (Fsp3) is 0.333. The maximum absolute atomic E-state index is 5.88. The Morgan fingerprint density at radius 3 is 2.65 bits per heavy atom. The van der Waals surface area contributed by atoms with Crippen LogP contribution in [0.4, 0.5) is 0 Å². The van der Waals surface area contributed by atoms with Crippen molar-refractivity contribution >= 4 is 35.6 Å². The van der Waals surface area contributed by atoms with Crippen molar-refractivity contribution < 1.29 is 0 Å². The Hall–Kier alpha value is -0.840. The van der Waals surface area contributed by atoms with Gasteiger partial charge in [0, 0.05) is 15.6 Å². The average Bonchev–Trinajstić information content (AvgIpc) is 2.36. The first kappa shape index (κ1) is 15.5.